The van der Waals surface area contributed by atoms with Crippen LogP contribution in [0.5, 0.6) is 0 Å². The van der Waals surface area contributed by atoms with Crippen molar-refractivity contribution in [2.45, 2.75) is 11.8 Å². The number of H-pyrrole nitrogens is 1. The van der Waals surface area contributed by atoms with E-state index in [0.717, 1.165) is 22.4 Å². The van der Waals surface area contributed by atoms with E-state index < -0.39 is 0 Å². The summed E-state index contributed by atoms with van der Waals surface area (Å²) in [6.45, 7) is 0. The van der Waals surface area contributed by atoms with E-state index in [4.69, 9.17) is 0 Å². The Balaban J connectivity index is 1.67. The fraction of sp³-hybridized carbons (Fsp3) is 0.111. The van der Waals surface area contributed by atoms with Gasteiger partial charge in [0.25, 0.3) is 0 Å². The lowest BCUT2D eigenvalue weighted by molar-refractivity contribution is 0.615. The van der Waals surface area contributed by atoms with Crippen LogP contribution in [0.15, 0.2) is 61.5 Å². The monoisotopic (exact) mass is 342 g/mol. The lowest BCUT2D eigenvalue weighted by atomic mass is 9.69. The zero-order valence-corrected chi connectivity index (χ0v) is 13.7. The topological polar surface area (TPSA) is 98.1 Å². The van der Waals surface area contributed by atoms with Crippen molar-refractivity contribution in [3.63, 3.8) is 0 Å². The molecule has 0 spiro atoms. The van der Waals surface area contributed by atoms with Crippen molar-refractivity contribution in [1.29, 1.82) is 0 Å². The predicted octanol–water partition coefficient (Wildman–Crippen LogP) is 1.73. The minimum atomic E-state index is -0.361. The SMILES string of the molecule is C1=CC(c2cccnc2)(c2cccnc2)Cc2[nH]nc(-n3cnnn3)c21. The highest BCUT2D eigenvalue weighted by Gasteiger charge is 2.37. The summed E-state index contributed by atoms with van der Waals surface area (Å²) >= 11 is 0. The first-order chi connectivity index (χ1) is 12.9. The summed E-state index contributed by atoms with van der Waals surface area (Å²) in [5.74, 6) is 0.687. The summed E-state index contributed by atoms with van der Waals surface area (Å²) < 4.78 is 1.56. The number of hydrogen-bond acceptors (Lipinski definition) is 6. The van der Waals surface area contributed by atoms with Crippen LogP contribution in [0, 0.1) is 0 Å². The van der Waals surface area contributed by atoms with E-state index in [9.17, 15) is 0 Å². The Morgan fingerprint density at radius 2 is 1.81 bits per heavy atom. The molecule has 1 aliphatic carbocycles. The molecule has 0 fully saturated rings. The Kier molecular flexibility index (Phi) is 3.21. The average Bonchev–Trinajstić information content (AvgIpc) is 3.38. The molecule has 4 aromatic rings. The van der Waals surface area contributed by atoms with Gasteiger partial charge in [0.1, 0.15) is 6.33 Å². The molecule has 0 aromatic carbocycles. The second kappa shape index (κ2) is 5.69. The number of allylic oxidation sites excluding steroid dienone is 1. The van der Waals surface area contributed by atoms with Gasteiger partial charge in [-0.25, -0.2) is 0 Å². The summed E-state index contributed by atoms with van der Waals surface area (Å²) in [5, 5.41) is 18.9. The smallest absolute Gasteiger partial charge is 0.185 e. The van der Waals surface area contributed by atoms with Gasteiger partial charge in [-0.15, -0.1) is 5.10 Å². The van der Waals surface area contributed by atoms with Gasteiger partial charge in [-0.1, -0.05) is 24.3 Å². The standard InChI is InChI=1S/C18H14N8/c1-3-13(10-19-7-1)18(14-4-2-8-20-11-14)6-5-15-16(9-18)22-23-17(15)26-12-21-24-25-26/h1-8,10-12H,9H2,(H,22,23). The number of nitrogens with one attached hydrogen (secondary N) is 1. The van der Waals surface area contributed by atoms with E-state index in [1.165, 1.54) is 6.33 Å². The highest BCUT2D eigenvalue weighted by Crippen LogP contribution is 2.41. The molecule has 0 saturated heterocycles. The van der Waals surface area contributed by atoms with Gasteiger partial charge in [0.05, 0.1) is 0 Å². The summed E-state index contributed by atoms with van der Waals surface area (Å²) in [6.07, 6.45) is 13.9. The Labute approximate surface area is 148 Å². The zero-order chi connectivity index (χ0) is 17.4. The first-order valence-electron chi connectivity index (χ1n) is 8.18. The maximum absolute atomic E-state index is 4.41. The molecule has 0 unspecified atom stereocenters. The van der Waals surface area contributed by atoms with Crippen molar-refractivity contribution in [1.82, 2.24) is 40.4 Å². The number of rotatable bonds is 3. The maximum atomic E-state index is 4.41. The highest BCUT2D eigenvalue weighted by molar-refractivity contribution is 5.67. The number of aromatic amines is 1. The molecule has 8 nitrogen and oxygen atoms in total. The van der Waals surface area contributed by atoms with Crippen LogP contribution in [0.4, 0.5) is 0 Å². The number of hydrogen-bond donors (Lipinski definition) is 1. The van der Waals surface area contributed by atoms with Gasteiger partial charge in [0.15, 0.2) is 5.82 Å². The molecule has 0 bridgehead atoms. The van der Waals surface area contributed by atoms with E-state index in [1.807, 2.05) is 24.5 Å². The normalized spacial score (nSPS) is 14.9. The molecular weight excluding hydrogens is 328 g/mol. The van der Waals surface area contributed by atoms with E-state index in [2.05, 4.69) is 60.0 Å². The number of aromatic nitrogens is 8. The molecule has 1 N–H and O–H groups in total. The Bertz CT molecular complexity index is 1010. The molecule has 0 aliphatic heterocycles. The van der Waals surface area contributed by atoms with Crippen molar-refractivity contribution >= 4 is 6.08 Å². The molecule has 126 valence electrons. The zero-order valence-electron chi connectivity index (χ0n) is 13.7. The molecule has 0 saturated carbocycles. The molecule has 26 heavy (non-hydrogen) atoms. The van der Waals surface area contributed by atoms with Crippen LogP contribution in [0.25, 0.3) is 11.9 Å². The summed E-state index contributed by atoms with van der Waals surface area (Å²) in [6, 6.07) is 8.09. The Morgan fingerprint density at radius 1 is 1.04 bits per heavy atom. The van der Waals surface area contributed by atoms with E-state index in [1.54, 1.807) is 17.1 Å². The van der Waals surface area contributed by atoms with Crippen LogP contribution in [0.3, 0.4) is 0 Å². The highest BCUT2D eigenvalue weighted by atomic mass is 15.5. The largest absolute Gasteiger partial charge is 0.280 e. The van der Waals surface area contributed by atoms with Crippen LogP contribution in [0.1, 0.15) is 22.4 Å². The molecule has 8 heteroatoms. The molecule has 1 aliphatic rings. The van der Waals surface area contributed by atoms with Gasteiger partial charge in [-0.05, 0) is 33.7 Å². The first kappa shape index (κ1) is 14.6. The fourth-order valence-corrected chi connectivity index (χ4v) is 3.50. The third-order valence-corrected chi connectivity index (χ3v) is 4.77. The summed E-state index contributed by atoms with van der Waals surface area (Å²) in [7, 11) is 0. The fourth-order valence-electron chi connectivity index (χ4n) is 3.50. The number of tetrazole rings is 1. The van der Waals surface area contributed by atoms with Crippen LogP contribution in [-0.4, -0.2) is 40.4 Å². The van der Waals surface area contributed by atoms with Crippen LogP contribution in [0.2, 0.25) is 0 Å². The van der Waals surface area contributed by atoms with Gasteiger partial charge in [-0.2, -0.15) is 9.78 Å². The van der Waals surface area contributed by atoms with Gasteiger partial charge >= 0.3 is 0 Å². The molecule has 0 atom stereocenters. The third-order valence-electron chi connectivity index (χ3n) is 4.77. The van der Waals surface area contributed by atoms with Gasteiger partial charge in [0, 0.05) is 47.9 Å². The van der Waals surface area contributed by atoms with Crippen LogP contribution < -0.4 is 0 Å². The predicted molar refractivity (Wildman–Crippen MR) is 93.3 cm³/mol. The molecule has 4 aromatic heterocycles. The van der Waals surface area contributed by atoms with E-state index in [0.29, 0.717) is 12.2 Å². The molecule has 5 rings (SSSR count). The van der Waals surface area contributed by atoms with Crippen molar-refractivity contribution in [2.24, 2.45) is 0 Å². The number of nitrogens with zero attached hydrogens (tertiary/aromatic N) is 7. The molecule has 0 amide bonds. The van der Waals surface area contributed by atoms with Gasteiger partial charge in [-0.3, -0.25) is 15.1 Å². The van der Waals surface area contributed by atoms with Crippen LogP contribution >= 0.6 is 0 Å². The van der Waals surface area contributed by atoms with E-state index in [-0.39, 0.29) is 5.41 Å². The second-order valence-electron chi connectivity index (χ2n) is 6.16. The van der Waals surface area contributed by atoms with Crippen molar-refractivity contribution in [3.05, 3.63) is 83.8 Å². The quantitative estimate of drug-likeness (QED) is 0.609. The molecule has 0 radical (unpaired) electrons. The number of pyridine rings is 2. The van der Waals surface area contributed by atoms with Gasteiger partial charge < -0.3 is 0 Å². The lowest BCUT2D eigenvalue weighted by Gasteiger charge is -2.33. The van der Waals surface area contributed by atoms with Crippen LogP contribution in [-0.2, 0) is 11.8 Å². The maximum Gasteiger partial charge on any atom is 0.185 e. The Morgan fingerprint density at radius 3 is 2.42 bits per heavy atom. The van der Waals surface area contributed by atoms with Crippen molar-refractivity contribution in [3.8, 4) is 5.82 Å². The van der Waals surface area contributed by atoms with E-state index >= 15 is 0 Å². The minimum Gasteiger partial charge on any atom is -0.280 e. The Hall–Kier alpha value is -3.68. The van der Waals surface area contributed by atoms with Gasteiger partial charge in [0.2, 0.25) is 0 Å². The van der Waals surface area contributed by atoms with Crippen molar-refractivity contribution < 1.29 is 0 Å². The average molecular weight is 342 g/mol. The summed E-state index contributed by atoms with van der Waals surface area (Å²) in [5.41, 5.74) is 3.85. The summed E-state index contributed by atoms with van der Waals surface area (Å²) in [4.78, 5) is 8.64. The minimum absolute atomic E-state index is 0.361. The molecule has 4 heterocycles. The third kappa shape index (κ3) is 2.16. The van der Waals surface area contributed by atoms with Crippen molar-refractivity contribution in [2.75, 3.05) is 0 Å². The molecular formula is C18H14N8. The first-order valence-corrected chi connectivity index (χ1v) is 8.18. The lowest BCUT2D eigenvalue weighted by Crippen LogP contribution is -2.30. The number of fused-ring (bicyclic) bond motifs is 1. The second-order valence-corrected chi connectivity index (χ2v) is 6.16.